The number of anilines is 1. The van der Waals surface area contributed by atoms with Crippen molar-refractivity contribution < 1.29 is 9.18 Å². The number of aryl methyl sites for hydroxylation is 2. The van der Waals surface area contributed by atoms with Crippen LogP contribution < -0.4 is 5.32 Å². The van der Waals surface area contributed by atoms with Gasteiger partial charge < -0.3 is 5.32 Å². The molecule has 2 aromatic heterocycles. The topological polar surface area (TPSA) is 77.6 Å². The van der Waals surface area contributed by atoms with Crippen molar-refractivity contribution in [3.8, 4) is 11.4 Å². The Labute approximate surface area is 172 Å². The third-order valence-electron chi connectivity index (χ3n) is 5.10. The molecule has 1 amide bonds. The van der Waals surface area contributed by atoms with Crippen molar-refractivity contribution in [2.75, 3.05) is 5.32 Å². The van der Waals surface area contributed by atoms with Gasteiger partial charge in [0.05, 0.1) is 27.9 Å². The number of benzene rings is 1. The summed E-state index contributed by atoms with van der Waals surface area (Å²) < 4.78 is 18.0. The molecule has 1 saturated carbocycles. The molecular weight excluding hydrogens is 391 g/mol. The van der Waals surface area contributed by atoms with Crippen molar-refractivity contribution in [3.63, 3.8) is 0 Å². The van der Waals surface area contributed by atoms with Crippen LogP contribution in [-0.2, 0) is 11.8 Å². The molecule has 0 saturated heterocycles. The van der Waals surface area contributed by atoms with Crippen molar-refractivity contribution in [1.29, 1.82) is 0 Å². The minimum atomic E-state index is -0.399. The highest BCUT2D eigenvalue weighted by Gasteiger charge is 2.32. The van der Waals surface area contributed by atoms with Crippen LogP contribution in [0.1, 0.15) is 37.2 Å². The van der Waals surface area contributed by atoms with Gasteiger partial charge in [-0.2, -0.15) is 5.10 Å². The van der Waals surface area contributed by atoms with Gasteiger partial charge >= 0.3 is 0 Å². The van der Waals surface area contributed by atoms with Crippen LogP contribution in [0.5, 0.6) is 0 Å². The van der Waals surface area contributed by atoms with E-state index in [2.05, 4.69) is 20.6 Å². The summed E-state index contributed by atoms with van der Waals surface area (Å²) >= 11 is 1.33. The van der Waals surface area contributed by atoms with Gasteiger partial charge in [-0.15, -0.1) is 10.2 Å². The van der Waals surface area contributed by atoms with Crippen LogP contribution in [0.2, 0.25) is 0 Å². The lowest BCUT2D eigenvalue weighted by Gasteiger charge is -2.14. The summed E-state index contributed by atoms with van der Waals surface area (Å²) in [6, 6.07) is 6.81. The minimum absolute atomic E-state index is 0.132. The third kappa shape index (κ3) is 3.78. The van der Waals surface area contributed by atoms with Crippen LogP contribution in [0.4, 0.5) is 10.1 Å². The molecule has 0 spiro atoms. The molecule has 1 atom stereocenters. The average molecular weight is 415 g/mol. The van der Waals surface area contributed by atoms with E-state index >= 15 is 0 Å². The van der Waals surface area contributed by atoms with Crippen LogP contribution in [0, 0.1) is 19.7 Å². The van der Waals surface area contributed by atoms with E-state index in [0.717, 1.165) is 29.9 Å². The van der Waals surface area contributed by atoms with Gasteiger partial charge in [-0.25, -0.2) is 4.39 Å². The van der Waals surface area contributed by atoms with E-state index in [0.29, 0.717) is 16.5 Å². The molecule has 1 aromatic carbocycles. The molecule has 1 N–H and O–H groups in total. The molecule has 29 heavy (non-hydrogen) atoms. The zero-order chi connectivity index (χ0) is 20.7. The second-order valence-corrected chi connectivity index (χ2v) is 8.61. The van der Waals surface area contributed by atoms with Crippen LogP contribution in [0.15, 0.2) is 29.4 Å². The first kappa shape index (κ1) is 19.6. The lowest BCUT2D eigenvalue weighted by Crippen LogP contribution is -2.23. The van der Waals surface area contributed by atoms with Gasteiger partial charge in [0.15, 0.2) is 11.0 Å². The summed E-state index contributed by atoms with van der Waals surface area (Å²) in [4.78, 5) is 12.8. The Morgan fingerprint density at radius 3 is 2.62 bits per heavy atom. The fourth-order valence-electron chi connectivity index (χ4n) is 3.24. The number of amides is 1. The summed E-state index contributed by atoms with van der Waals surface area (Å²) in [6.45, 7) is 5.61. The number of thioether (sulfide) groups is 1. The second-order valence-electron chi connectivity index (χ2n) is 7.31. The molecule has 0 aliphatic heterocycles. The molecular formula is C20H23FN6OS. The number of rotatable bonds is 6. The molecule has 9 heteroatoms. The summed E-state index contributed by atoms with van der Waals surface area (Å²) in [5.41, 5.74) is 2.84. The Balaban J connectivity index is 1.56. The highest BCUT2D eigenvalue weighted by molar-refractivity contribution is 8.00. The van der Waals surface area contributed by atoms with Crippen LogP contribution in [-0.4, -0.2) is 35.7 Å². The standard InChI is InChI=1S/C20H23FN6OS/c1-11-17(12(2)26(4)25-11)22-19(28)13(3)29-20-24-23-18(27(20)14-9-10-14)15-7-5-6-8-16(15)21/h5-8,13-14H,9-10H2,1-4H3,(H,22,28)/t13-/m1/s1. The SMILES string of the molecule is Cc1nn(C)c(C)c1NC(=O)[C@@H](C)Sc1nnc(-c2ccccc2F)n1C1CC1. The van der Waals surface area contributed by atoms with E-state index in [1.165, 1.54) is 17.8 Å². The van der Waals surface area contributed by atoms with Crippen molar-refractivity contribution in [2.45, 2.75) is 50.1 Å². The Kier molecular flexibility index (Phi) is 5.16. The lowest BCUT2D eigenvalue weighted by molar-refractivity contribution is -0.115. The molecule has 0 bridgehead atoms. The minimum Gasteiger partial charge on any atom is -0.322 e. The number of nitrogens with one attached hydrogen (secondary N) is 1. The Morgan fingerprint density at radius 1 is 1.28 bits per heavy atom. The van der Waals surface area contributed by atoms with Crippen molar-refractivity contribution in [3.05, 3.63) is 41.5 Å². The summed E-state index contributed by atoms with van der Waals surface area (Å²) in [5, 5.41) is 16.1. The number of hydrogen-bond donors (Lipinski definition) is 1. The maximum absolute atomic E-state index is 14.3. The molecule has 3 aromatic rings. The maximum atomic E-state index is 14.3. The molecule has 1 aliphatic carbocycles. The van der Waals surface area contributed by atoms with E-state index in [1.807, 2.05) is 32.4 Å². The number of carbonyl (C=O) groups is 1. The van der Waals surface area contributed by atoms with Crippen molar-refractivity contribution in [1.82, 2.24) is 24.5 Å². The Morgan fingerprint density at radius 2 is 2.00 bits per heavy atom. The van der Waals surface area contributed by atoms with Gasteiger partial charge in [-0.1, -0.05) is 23.9 Å². The van der Waals surface area contributed by atoms with Crippen LogP contribution in [0.25, 0.3) is 11.4 Å². The largest absolute Gasteiger partial charge is 0.322 e. The first-order valence-corrected chi connectivity index (χ1v) is 10.4. The quantitative estimate of drug-likeness (QED) is 0.619. The summed E-state index contributed by atoms with van der Waals surface area (Å²) in [6.07, 6.45) is 2.00. The fourth-order valence-corrected chi connectivity index (χ4v) is 4.16. The number of hydrogen-bond acceptors (Lipinski definition) is 5. The normalized spacial score (nSPS) is 14.8. The van der Waals surface area contributed by atoms with Gasteiger partial charge in [0.1, 0.15) is 5.82 Å². The summed E-state index contributed by atoms with van der Waals surface area (Å²) in [5.74, 6) is 0.0540. The Bertz CT molecular complexity index is 1070. The molecule has 0 radical (unpaired) electrons. The lowest BCUT2D eigenvalue weighted by atomic mass is 10.2. The summed E-state index contributed by atoms with van der Waals surface area (Å²) in [7, 11) is 1.85. The van der Waals surface area contributed by atoms with E-state index in [-0.39, 0.29) is 17.8 Å². The molecule has 7 nitrogen and oxygen atoms in total. The highest BCUT2D eigenvalue weighted by Crippen LogP contribution is 2.42. The smallest absolute Gasteiger partial charge is 0.237 e. The average Bonchev–Trinajstić information content (AvgIpc) is 3.40. The first-order chi connectivity index (χ1) is 13.9. The number of halogens is 1. The van der Waals surface area contributed by atoms with E-state index in [1.54, 1.807) is 22.9 Å². The number of carbonyl (C=O) groups excluding carboxylic acids is 1. The molecule has 0 unspecified atom stereocenters. The highest BCUT2D eigenvalue weighted by atomic mass is 32.2. The third-order valence-corrected chi connectivity index (χ3v) is 6.16. The first-order valence-electron chi connectivity index (χ1n) is 9.54. The number of nitrogens with zero attached hydrogens (tertiary/aromatic N) is 5. The van der Waals surface area contributed by atoms with Gasteiger partial charge in [0.2, 0.25) is 5.91 Å². The van der Waals surface area contributed by atoms with Gasteiger partial charge in [-0.3, -0.25) is 14.0 Å². The molecule has 4 rings (SSSR count). The molecule has 1 aliphatic rings. The van der Waals surface area contributed by atoms with Crippen molar-refractivity contribution >= 4 is 23.4 Å². The van der Waals surface area contributed by atoms with Gasteiger partial charge in [0, 0.05) is 13.1 Å². The Hall–Kier alpha value is -2.68. The zero-order valence-corrected chi connectivity index (χ0v) is 17.6. The second kappa shape index (κ2) is 7.62. The maximum Gasteiger partial charge on any atom is 0.237 e. The molecule has 2 heterocycles. The van der Waals surface area contributed by atoms with E-state index in [9.17, 15) is 9.18 Å². The van der Waals surface area contributed by atoms with Crippen LogP contribution in [0.3, 0.4) is 0 Å². The van der Waals surface area contributed by atoms with Crippen LogP contribution >= 0.6 is 11.8 Å². The van der Waals surface area contributed by atoms with Crippen molar-refractivity contribution in [2.24, 2.45) is 7.05 Å². The predicted octanol–water partition coefficient (Wildman–Crippen LogP) is 3.89. The molecule has 1 fully saturated rings. The van der Waals surface area contributed by atoms with E-state index in [4.69, 9.17) is 0 Å². The van der Waals surface area contributed by atoms with E-state index < -0.39 is 5.25 Å². The fraction of sp³-hybridized carbons (Fsp3) is 0.400. The number of aromatic nitrogens is 5. The predicted molar refractivity (Wildman–Crippen MR) is 110 cm³/mol. The zero-order valence-electron chi connectivity index (χ0n) is 16.8. The van der Waals surface area contributed by atoms with Gasteiger partial charge in [-0.05, 0) is 45.7 Å². The monoisotopic (exact) mass is 414 g/mol. The molecule has 152 valence electrons. The van der Waals surface area contributed by atoms with Gasteiger partial charge in [0.25, 0.3) is 0 Å².